The number of nitrogens with one attached hydrogen (secondary N) is 1. The van der Waals surface area contributed by atoms with Gasteiger partial charge in [0.2, 0.25) is 0 Å². The van der Waals surface area contributed by atoms with Gasteiger partial charge >= 0.3 is 0 Å². The second kappa shape index (κ2) is 5.84. The Hall–Kier alpha value is -1.88. The van der Waals surface area contributed by atoms with Crippen molar-refractivity contribution in [3.05, 3.63) is 41.2 Å². The van der Waals surface area contributed by atoms with Crippen molar-refractivity contribution in [1.82, 2.24) is 20.3 Å². The quantitative estimate of drug-likeness (QED) is 0.934. The van der Waals surface area contributed by atoms with Gasteiger partial charge in [0.1, 0.15) is 0 Å². The molecule has 0 saturated heterocycles. The van der Waals surface area contributed by atoms with Crippen molar-refractivity contribution in [1.29, 1.82) is 0 Å². The Balaban J connectivity index is 2.20. The van der Waals surface area contributed by atoms with Crippen LogP contribution in [0, 0.1) is 0 Å². The number of para-hydroxylation sites is 1. The summed E-state index contributed by atoms with van der Waals surface area (Å²) in [6.07, 6.45) is 2.43. The molecule has 0 fully saturated rings. The molecule has 0 saturated carbocycles. The number of amides is 1. The van der Waals surface area contributed by atoms with Crippen LogP contribution in [0.5, 0.6) is 0 Å². The Labute approximate surface area is 116 Å². The monoisotopic (exact) mass is 278 g/mol. The van der Waals surface area contributed by atoms with E-state index in [0.29, 0.717) is 10.7 Å². The average molecular weight is 279 g/mol. The number of benzene rings is 1. The lowest BCUT2D eigenvalue weighted by atomic mass is 10.2. The van der Waals surface area contributed by atoms with Crippen LogP contribution in [0.3, 0.4) is 0 Å². The van der Waals surface area contributed by atoms with Crippen LogP contribution in [0.2, 0.25) is 5.02 Å². The highest BCUT2D eigenvalue weighted by atomic mass is 35.5. The fourth-order valence-electron chi connectivity index (χ4n) is 1.52. The SMILES string of the molecule is CC[C@H](C)NC(=O)c1cn(-c2ccccc2Cl)nn1. The van der Waals surface area contributed by atoms with Gasteiger partial charge < -0.3 is 5.32 Å². The largest absolute Gasteiger partial charge is 0.348 e. The van der Waals surface area contributed by atoms with E-state index in [1.54, 1.807) is 12.3 Å². The van der Waals surface area contributed by atoms with Gasteiger partial charge in [-0.05, 0) is 25.5 Å². The number of halogens is 1. The van der Waals surface area contributed by atoms with Crippen molar-refractivity contribution in [2.75, 3.05) is 0 Å². The minimum atomic E-state index is -0.229. The lowest BCUT2D eigenvalue weighted by Crippen LogP contribution is -2.32. The maximum absolute atomic E-state index is 11.9. The van der Waals surface area contributed by atoms with E-state index >= 15 is 0 Å². The lowest BCUT2D eigenvalue weighted by molar-refractivity contribution is 0.0934. The van der Waals surface area contributed by atoms with Gasteiger partial charge in [-0.2, -0.15) is 0 Å². The predicted octanol–water partition coefficient (Wildman–Crippen LogP) is 2.45. The second-order valence-corrected chi connectivity index (χ2v) is 4.69. The highest BCUT2D eigenvalue weighted by Gasteiger charge is 2.14. The zero-order valence-corrected chi connectivity index (χ0v) is 11.6. The first kappa shape index (κ1) is 13.5. The van der Waals surface area contributed by atoms with E-state index in [1.807, 2.05) is 32.0 Å². The van der Waals surface area contributed by atoms with Crippen molar-refractivity contribution in [3.63, 3.8) is 0 Å². The molecule has 0 bridgehead atoms. The smallest absolute Gasteiger partial charge is 0.273 e. The van der Waals surface area contributed by atoms with Gasteiger partial charge in [0.25, 0.3) is 5.91 Å². The zero-order chi connectivity index (χ0) is 13.8. The first-order valence-corrected chi connectivity index (χ1v) is 6.47. The Morgan fingerprint density at radius 3 is 2.89 bits per heavy atom. The minimum Gasteiger partial charge on any atom is -0.348 e. The molecule has 1 aromatic carbocycles. The third-order valence-electron chi connectivity index (χ3n) is 2.82. The summed E-state index contributed by atoms with van der Waals surface area (Å²) in [5, 5.41) is 11.2. The van der Waals surface area contributed by atoms with Gasteiger partial charge in [-0.3, -0.25) is 4.79 Å². The number of rotatable bonds is 4. The second-order valence-electron chi connectivity index (χ2n) is 4.28. The third-order valence-corrected chi connectivity index (χ3v) is 3.13. The Morgan fingerprint density at radius 1 is 1.47 bits per heavy atom. The van der Waals surface area contributed by atoms with Crippen LogP contribution in [-0.4, -0.2) is 26.9 Å². The molecule has 1 heterocycles. The van der Waals surface area contributed by atoms with Gasteiger partial charge in [-0.25, -0.2) is 4.68 Å². The number of hydrogen-bond donors (Lipinski definition) is 1. The van der Waals surface area contributed by atoms with E-state index < -0.39 is 0 Å². The predicted molar refractivity (Wildman–Crippen MR) is 73.6 cm³/mol. The molecule has 1 amide bonds. The van der Waals surface area contributed by atoms with E-state index in [1.165, 1.54) is 4.68 Å². The van der Waals surface area contributed by atoms with E-state index in [-0.39, 0.29) is 17.6 Å². The van der Waals surface area contributed by atoms with Crippen molar-refractivity contribution in [3.8, 4) is 5.69 Å². The molecule has 0 radical (unpaired) electrons. The van der Waals surface area contributed by atoms with Crippen LogP contribution in [0.15, 0.2) is 30.5 Å². The summed E-state index contributed by atoms with van der Waals surface area (Å²) in [5.41, 5.74) is 0.972. The summed E-state index contributed by atoms with van der Waals surface area (Å²) in [5.74, 6) is -0.229. The first-order valence-electron chi connectivity index (χ1n) is 6.10. The summed E-state index contributed by atoms with van der Waals surface area (Å²) >= 11 is 6.07. The molecule has 2 rings (SSSR count). The summed E-state index contributed by atoms with van der Waals surface area (Å²) in [6, 6.07) is 7.37. The van der Waals surface area contributed by atoms with E-state index in [4.69, 9.17) is 11.6 Å². The summed E-state index contributed by atoms with van der Waals surface area (Å²) in [7, 11) is 0. The molecule has 0 spiro atoms. The van der Waals surface area contributed by atoms with Crippen molar-refractivity contribution < 1.29 is 4.79 Å². The van der Waals surface area contributed by atoms with Crippen LogP contribution >= 0.6 is 11.6 Å². The Bertz CT molecular complexity index is 582. The average Bonchev–Trinajstić information content (AvgIpc) is 2.88. The lowest BCUT2D eigenvalue weighted by Gasteiger charge is -2.08. The maximum atomic E-state index is 11.9. The molecule has 0 aliphatic heterocycles. The van der Waals surface area contributed by atoms with Crippen LogP contribution < -0.4 is 5.32 Å². The molecule has 0 unspecified atom stereocenters. The third kappa shape index (κ3) is 3.12. The van der Waals surface area contributed by atoms with Gasteiger partial charge in [0.05, 0.1) is 16.9 Å². The standard InChI is InChI=1S/C13H15ClN4O/c1-3-9(2)15-13(19)11-8-18(17-16-11)12-7-5-4-6-10(12)14/h4-9H,3H2,1-2H3,(H,15,19)/t9-/m0/s1. The number of carbonyl (C=O) groups excluding carboxylic acids is 1. The highest BCUT2D eigenvalue weighted by Crippen LogP contribution is 2.18. The molecule has 0 aliphatic carbocycles. The zero-order valence-electron chi connectivity index (χ0n) is 10.8. The Kier molecular flexibility index (Phi) is 4.16. The molecule has 1 aromatic heterocycles. The van der Waals surface area contributed by atoms with Gasteiger partial charge in [0, 0.05) is 6.04 Å². The van der Waals surface area contributed by atoms with Crippen LogP contribution in [0.25, 0.3) is 5.69 Å². The highest BCUT2D eigenvalue weighted by molar-refractivity contribution is 6.32. The summed E-state index contributed by atoms with van der Waals surface area (Å²) < 4.78 is 1.49. The maximum Gasteiger partial charge on any atom is 0.273 e. The molecular weight excluding hydrogens is 264 g/mol. The molecule has 1 N–H and O–H groups in total. The van der Waals surface area contributed by atoms with Crippen molar-refractivity contribution in [2.45, 2.75) is 26.3 Å². The van der Waals surface area contributed by atoms with E-state index in [2.05, 4.69) is 15.6 Å². The first-order chi connectivity index (χ1) is 9.11. The fraction of sp³-hybridized carbons (Fsp3) is 0.308. The molecule has 19 heavy (non-hydrogen) atoms. The molecule has 100 valence electrons. The molecule has 6 heteroatoms. The molecule has 0 aliphatic rings. The normalized spacial score (nSPS) is 12.2. The number of carbonyl (C=O) groups is 1. The van der Waals surface area contributed by atoms with Crippen molar-refractivity contribution >= 4 is 17.5 Å². The topological polar surface area (TPSA) is 59.8 Å². The summed E-state index contributed by atoms with van der Waals surface area (Å²) in [4.78, 5) is 11.9. The minimum absolute atomic E-state index is 0.109. The molecule has 2 aromatic rings. The Morgan fingerprint density at radius 2 is 2.21 bits per heavy atom. The van der Waals surface area contributed by atoms with E-state index in [0.717, 1.165) is 6.42 Å². The van der Waals surface area contributed by atoms with Crippen LogP contribution in [-0.2, 0) is 0 Å². The number of hydrogen-bond acceptors (Lipinski definition) is 3. The molecule has 1 atom stereocenters. The van der Waals surface area contributed by atoms with Crippen LogP contribution in [0.4, 0.5) is 0 Å². The number of nitrogens with zero attached hydrogens (tertiary/aromatic N) is 3. The summed E-state index contributed by atoms with van der Waals surface area (Å²) in [6.45, 7) is 3.95. The van der Waals surface area contributed by atoms with Crippen LogP contribution in [0.1, 0.15) is 30.8 Å². The van der Waals surface area contributed by atoms with Crippen molar-refractivity contribution in [2.24, 2.45) is 0 Å². The van der Waals surface area contributed by atoms with Gasteiger partial charge in [-0.15, -0.1) is 5.10 Å². The van der Waals surface area contributed by atoms with Gasteiger partial charge in [0.15, 0.2) is 5.69 Å². The van der Waals surface area contributed by atoms with Gasteiger partial charge in [-0.1, -0.05) is 35.9 Å². The molecule has 5 nitrogen and oxygen atoms in total. The molecular formula is C13H15ClN4O. The van der Waals surface area contributed by atoms with E-state index in [9.17, 15) is 4.79 Å². The number of aromatic nitrogens is 3. The fourth-order valence-corrected chi connectivity index (χ4v) is 1.75.